The van der Waals surface area contributed by atoms with Crippen LogP contribution in [-0.4, -0.2) is 48.1 Å². The van der Waals surface area contributed by atoms with Gasteiger partial charge in [-0.2, -0.15) is 13.2 Å². The summed E-state index contributed by atoms with van der Waals surface area (Å²) in [6, 6.07) is 1.25. The molecule has 116 valence electrons. The second-order valence-electron chi connectivity index (χ2n) is 5.14. The van der Waals surface area contributed by atoms with Crippen molar-refractivity contribution in [2.75, 3.05) is 26.2 Å². The van der Waals surface area contributed by atoms with Crippen LogP contribution >= 0.6 is 0 Å². The maximum Gasteiger partial charge on any atom is 0.401 e. The van der Waals surface area contributed by atoms with Gasteiger partial charge in [0.15, 0.2) is 5.43 Å². The van der Waals surface area contributed by atoms with E-state index in [9.17, 15) is 22.8 Å². The molecule has 2 rings (SSSR count). The van der Waals surface area contributed by atoms with Gasteiger partial charge in [0, 0.05) is 31.5 Å². The Balaban J connectivity index is 1.81. The first-order valence-corrected chi connectivity index (χ1v) is 6.59. The van der Waals surface area contributed by atoms with Gasteiger partial charge in [-0.05, 0) is 18.9 Å². The second-order valence-corrected chi connectivity index (χ2v) is 5.14. The molecule has 2 N–H and O–H groups in total. The number of pyridine rings is 1. The highest BCUT2D eigenvalue weighted by atomic mass is 19.4. The summed E-state index contributed by atoms with van der Waals surface area (Å²) < 4.78 is 36.8. The normalized spacial score (nSPS) is 19.7. The number of aromatic amines is 1. The Kier molecular flexibility index (Phi) is 4.66. The van der Waals surface area contributed by atoms with E-state index in [1.807, 2.05) is 0 Å². The second kappa shape index (κ2) is 6.30. The lowest BCUT2D eigenvalue weighted by atomic mass is 10.1. The van der Waals surface area contributed by atoms with E-state index in [0.717, 1.165) is 0 Å². The Labute approximate surface area is 119 Å². The molecule has 5 nitrogen and oxygen atoms in total. The van der Waals surface area contributed by atoms with Gasteiger partial charge in [-0.1, -0.05) is 0 Å². The first-order valence-electron chi connectivity index (χ1n) is 6.59. The van der Waals surface area contributed by atoms with Crippen molar-refractivity contribution in [2.45, 2.75) is 12.6 Å². The van der Waals surface area contributed by atoms with E-state index >= 15 is 0 Å². The van der Waals surface area contributed by atoms with E-state index in [0.29, 0.717) is 19.5 Å². The summed E-state index contributed by atoms with van der Waals surface area (Å²) >= 11 is 0. The minimum Gasteiger partial charge on any atom is -0.367 e. The van der Waals surface area contributed by atoms with Gasteiger partial charge < -0.3 is 10.3 Å². The number of alkyl halides is 3. The molecule has 0 aromatic carbocycles. The fourth-order valence-electron chi connectivity index (χ4n) is 2.40. The van der Waals surface area contributed by atoms with Crippen LogP contribution in [0.3, 0.4) is 0 Å². The first kappa shape index (κ1) is 15.6. The van der Waals surface area contributed by atoms with E-state index in [1.54, 1.807) is 0 Å². The molecule has 1 unspecified atom stereocenters. The number of nitrogens with one attached hydrogen (secondary N) is 2. The average Bonchev–Trinajstić information content (AvgIpc) is 2.82. The largest absolute Gasteiger partial charge is 0.401 e. The molecule has 0 spiro atoms. The number of H-pyrrole nitrogens is 1. The summed E-state index contributed by atoms with van der Waals surface area (Å²) in [5, 5.41) is 2.60. The molecule has 21 heavy (non-hydrogen) atoms. The zero-order valence-electron chi connectivity index (χ0n) is 11.2. The number of halogens is 3. The third-order valence-corrected chi connectivity index (χ3v) is 3.39. The van der Waals surface area contributed by atoms with Gasteiger partial charge in [0.05, 0.1) is 6.54 Å². The van der Waals surface area contributed by atoms with Crippen molar-refractivity contribution in [3.05, 3.63) is 34.2 Å². The third-order valence-electron chi connectivity index (χ3n) is 3.39. The number of rotatable bonds is 4. The smallest absolute Gasteiger partial charge is 0.367 e. The van der Waals surface area contributed by atoms with Crippen LogP contribution in [0, 0.1) is 5.92 Å². The molecule has 1 aliphatic rings. The average molecular weight is 303 g/mol. The molecule has 1 atom stereocenters. The van der Waals surface area contributed by atoms with Crippen LogP contribution in [0.15, 0.2) is 23.3 Å². The number of carbonyl (C=O) groups is 1. The molecule has 1 aliphatic heterocycles. The minimum absolute atomic E-state index is 0.00245. The summed E-state index contributed by atoms with van der Waals surface area (Å²) in [6.45, 7) is 0.00816. The zero-order chi connectivity index (χ0) is 15.5. The molecule has 0 bridgehead atoms. The van der Waals surface area contributed by atoms with E-state index < -0.39 is 24.1 Å². The Morgan fingerprint density at radius 2 is 2.24 bits per heavy atom. The van der Waals surface area contributed by atoms with E-state index in [1.165, 1.54) is 23.4 Å². The van der Waals surface area contributed by atoms with Gasteiger partial charge in [-0.15, -0.1) is 0 Å². The molecular weight excluding hydrogens is 287 g/mol. The van der Waals surface area contributed by atoms with Gasteiger partial charge in [0.1, 0.15) is 5.56 Å². The predicted octanol–water partition coefficient (Wildman–Crippen LogP) is 0.989. The third kappa shape index (κ3) is 4.59. The molecule has 0 aliphatic carbocycles. The molecular formula is C13H16F3N3O2. The summed E-state index contributed by atoms with van der Waals surface area (Å²) in [4.78, 5) is 27.2. The molecule has 1 fully saturated rings. The van der Waals surface area contributed by atoms with Crippen molar-refractivity contribution in [3.63, 3.8) is 0 Å². The SMILES string of the molecule is O=C(NCC1CCN(CC(F)(F)F)C1)c1c[nH]ccc1=O. The minimum atomic E-state index is -4.20. The van der Waals surface area contributed by atoms with Crippen LogP contribution < -0.4 is 10.7 Å². The van der Waals surface area contributed by atoms with Crippen LogP contribution in [-0.2, 0) is 0 Å². The van der Waals surface area contributed by atoms with Gasteiger partial charge in [-0.25, -0.2) is 0 Å². The van der Waals surface area contributed by atoms with Crippen molar-refractivity contribution in [1.29, 1.82) is 0 Å². The molecule has 8 heteroatoms. The van der Waals surface area contributed by atoms with Crippen LogP contribution in [0.25, 0.3) is 0 Å². The molecule has 1 amide bonds. The lowest BCUT2D eigenvalue weighted by Crippen LogP contribution is -2.35. The predicted molar refractivity (Wildman–Crippen MR) is 70.0 cm³/mol. The lowest BCUT2D eigenvalue weighted by molar-refractivity contribution is -0.143. The van der Waals surface area contributed by atoms with Gasteiger partial charge in [0.25, 0.3) is 5.91 Å². The first-order chi connectivity index (χ1) is 9.85. The number of hydrogen-bond acceptors (Lipinski definition) is 3. The van der Waals surface area contributed by atoms with Crippen LogP contribution in [0.4, 0.5) is 13.2 Å². The number of aromatic nitrogens is 1. The molecule has 1 aromatic rings. The standard InChI is InChI=1S/C13H16F3N3O2/c14-13(15,16)8-19-4-2-9(7-19)5-18-12(21)10-6-17-3-1-11(10)20/h1,3,6,9H,2,4-5,7-8H2,(H,17,20)(H,18,21). The number of hydrogen-bond donors (Lipinski definition) is 2. The van der Waals surface area contributed by atoms with Crippen LogP contribution in [0.2, 0.25) is 0 Å². The topological polar surface area (TPSA) is 65.2 Å². The maximum atomic E-state index is 12.3. The van der Waals surface area contributed by atoms with Gasteiger partial charge >= 0.3 is 6.18 Å². The van der Waals surface area contributed by atoms with Crippen LogP contribution in [0.5, 0.6) is 0 Å². The molecule has 1 aromatic heterocycles. The fourth-order valence-corrected chi connectivity index (χ4v) is 2.40. The Morgan fingerprint density at radius 3 is 2.90 bits per heavy atom. The van der Waals surface area contributed by atoms with Gasteiger partial charge in [0.2, 0.25) is 0 Å². The number of amides is 1. The quantitative estimate of drug-likeness (QED) is 0.872. The Hall–Kier alpha value is -1.83. The fraction of sp³-hybridized carbons (Fsp3) is 0.538. The van der Waals surface area contributed by atoms with Crippen molar-refractivity contribution in [1.82, 2.24) is 15.2 Å². The van der Waals surface area contributed by atoms with Crippen molar-refractivity contribution >= 4 is 5.91 Å². The Bertz CT molecular complexity index is 556. The van der Waals surface area contributed by atoms with Crippen molar-refractivity contribution in [2.24, 2.45) is 5.92 Å². The lowest BCUT2D eigenvalue weighted by Gasteiger charge is -2.17. The number of carbonyl (C=O) groups excluding carboxylic acids is 1. The van der Waals surface area contributed by atoms with Crippen molar-refractivity contribution in [3.8, 4) is 0 Å². The molecule has 2 heterocycles. The van der Waals surface area contributed by atoms with E-state index in [-0.39, 0.29) is 18.0 Å². The van der Waals surface area contributed by atoms with E-state index in [4.69, 9.17) is 0 Å². The zero-order valence-corrected chi connectivity index (χ0v) is 11.2. The molecule has 1 saturated heterocycles. The Morgan fingerprint density at radius 1 is 1.48 bits per heavy atom. The van der Waals surface area contributed by atoms with Crippen LogP contribution in [0.1, 0.15) is 16.8 Å². The highest BCUT2D eigenvalue weighted by Gasteiger charge is 2.34. The molecule has 0 radical (unpaired) electrons. The summed E-state index contributed by atoms with van der Waals surface area (Å²) in [5.74, 6) is -0.537. The number of nitrogens with zero attached hydrogens (tertiary/aromatic N) is 1. The van der Waals surface area contributed by atoms with Crippen molar-refractivity contribution < 1.29 is 18.0 Å². The highest BCUT2D eigenvalue weighted by Crippen LogP contribution is 2.22. The molecule has 0 saturated carbocycles. The maximum absolute atomic E-state index is 12.3. The monoisotopic (exact) mass is 303 g/mol. The summed E-state index contributed by atoms with van der Waals surface area (Å²) in [7, 11) is 0. The van der Waals surface area contributed by atoms with Gasteiger partial charge in [-0.3, -0.25) is 14.5 Å². The highest BCUT2D eigenvalue weighted by molar-refractivity contribution is 5.93. The summed E-state index contributed by atoms with van der Waals surface area (Å²) in [6.07, 6.45) is -0.871. The number of likely N-dealkylation sites (tertiary alicyclic amines) is 1. The summed E-state index contributed by atoms with van der Waals surface area (Å²) in [5.41, 5.74) is -0.390. The van der Waals surface area contributed by atoms with E-state index in [2.05, 4.69) is 10.3 Å².